The van der Waals surface area contributed by atoms with Gasteiger partial charge in [0, 0.05) is 12.3 Å². The number of ether oxygens (including phenoxy) is 1. The Bertz CT molecular complexity index is 793. The fraction of sp³-hybridized carbons (Fsp3) is 0.214. The summed E-state index contributed by atoms with van der Waals surface area (Å²) in [6, 6.07) is 5.02. The summed E-state index contributed by atoms with van der Waals surface area (Å²) in [5.41, 5.74) is -1.63. The summed E-state index contributed by atoms with van der Waals surface area (Å²) in [5.74, 6) is -2.48. The first-order valence-electron chi connectivity index (χ1n) is 6.60. The Kier molecular flexibility index (Phi) is 4.77. The molecule has 0 spiro atoms. The summed E-state index contributed by atoms with van der Waals surface area (Å²) in [4.78, 5) is 28.7. The normalized spacial score (nSPS) is 11.2. The Morgan fingerprint density at radius 1 is 1.33 bits per heavy atom. The fourth-order valence-corrected chi connectivity index (χ4v) is 1.92. The maximum Gasteiger partial charge on any atom is 0.451 e. The summed E-state index contributed by atoms with van der Waals surface area (Å²) in [6.45, 7) is 1.48. The number of benzene rings is 1. The first-order chi connectivity index (χ1) is 11.3. The SMILES string of the molecule is CCOC(=O)c1cnc(C(F)(F)F)nc1-c1ccccc1[N+](=O)[O-]. The number of para-hydroxylation sites is 1. The van der Waals surface area contributed by atoms with Gasteiger partial charge in [0.05, 0.1) is 22.8 Å². The van der Waals surface area contributed by atoms with Crippen LogP contribution in [-0.4, -0.2) is 27.5 Å². The molecule has 0 bridgehead atoms. The van der Waals surface area contributed by atoms with Gasteiger partial charge in [-0.3, -0.25) is 10.1 Å². The van der Waals surface area contributed by atoms with Gasteiger partial charge in [-0.2, -0.15) is 13.2 Å². The molecule has 2 rings (SSSR count). The fourth-order valence-electron chi connectivity index (χ4n) is 1.92. The molecule has 1 aromatic heterocycles. The highest BCUT2D eigenvalue weighted by atomic mass is 19.4. The van der Waals surface area contributed by atoms with Gasteiger partial charge in [0.1, 0.15) is 5.56 Å². The van der Waals surface area contributed by atoms with E-state index in [0.717, 1.165) is 6.07 Å². The number of nitro benzene ring substituents is 1. The van der Waals surface area contributed by atoms with Crippen LogP contribution in [0.5, 0.6) is 0 Å². The number of esters is 1. The lowest BCUT2D eigenvalue weighted by molar-refractivity contribution is -0.384. The highest BCUT2D eigenvalue weighted by Crippen LogP contribution is 2.33. The van der Waals surface area contributed by atoms with Gasteiger partial charge in [-0.25, -0.2) is 14.8 Å². The summed E-state index contributed by atoms with van der Waals surface area (Å²) in [7, 11) is 0. The standard InChI is InChI=1S/C14H10F3N3O4/c1-2-24-12(21)9-7-18-13(14(15,16)17)19-11(9)8-5-3-4-6-10(8)20(22)23/h3-7H,2H2,1H3. The quantitative estimate of drug-likeness (QED) is 0.481. The number of nitro groups is 1. The van der Waals surface area contributed by atoms with Crippen LogP contribution in [0, 0.1) is 10.1 Å². The summed E-state index contributed by atoms with van der Waals surface area (Å²) in [5, 5.41) is 11.1. The van der Waals surface area contributed by atoms with Crippen molar-refractivity contribution in [2.45, 2.75) is 13.1 Å². The first-order valence-corrected chi connectivity index (χ1v) is 6.60. The van der Waals surface area contributed by atoms with E-state index < -0.39 is 34.3 Å². The van der Waals surface area contributed by atoms with Crippen LogP contribution in [0.2, 0.25) is 0 Å². The monoisotopic (exact) mass is 341 g/mol. The Balaban J connectivity index is 2.74. The van der Waals surface area contributed by atoms with Gasteiger partial charge in [0.2, 0.25) is 5.82 Å². The van der Waals surface area contributed by atoms with Crippen LogP contribution in [0.3, 0.4) is 0 Å². The number of alkyl halides is 3. The van der Waals surface area contributed by atoms with Gasteiger partial charge >= 0.3 is 12.1 Å². The molecule has 0 saturated heterocycles. The minimum Gasteiger partial charge on any atom is -0.462 e. The number of rotatable bonds is 4. The number of hydrogen-bond acceptors (Lipinski definition) is 6. The van der Waals surface area contributed by atoms with E-state index in [1.165, 1.54) is 25.1 Å². The summed E-state index contributed by atoms with van der Waals surface area (Å²) in [6.07, 6.45) is -4.22. The van der Waals surface area contributed by atoms with E-state index in [0.29, 0.717) is 6.20 Å². The third kappa shape index (κ3) is 3.47. The predicted molar refractivity (Wildman–Crippen MR) is 75.1 cm³/mol. The highest BCUT2D eigenvalue weighted by Gasteiger charge is 2.36. The topological polar surface area (TPSA) is 95.2 Å². The number of hydrogen-bond donors (Lipinski definition) is 0. The Morgan fingerprint density at radius 2 is 2.00 bits per heavy atom. The van der Waals surface area contributed by atoms with Crippen LogP contribution in [0.4, 0.5) is 18.9 Å². The highest BCUT2D eigenvalue weighted by molar-refractivity contribution is 5.97. The van der Waals surface area contributed by atoms with Crippen LogP contribution < -0.4 is 0 Å². The van der Waals surface area contributed by atoms with E-state index >= 15 is 0 Å². The van der Waals surface area contributed by atoms with Crippen LogP contribution in [0.25, 0.3) is 11.3 Å². The molecule has 24 heavy (non-hydrogen) atoms. The molecule has 0 fully saturated rings. The van der Waals surface area contributed by atoms with E-state index in [4.69, 9.17) is 4.74 Å². The van der Waals surface area contributed by atoms with Gasteiger partial charge in [0.25, 0.3) is 5.69 Å². The third-order valence-corrected chi connectivity index (χ3v) is 2.89. The van der Waals surface area contributed by atoms with Crippen molar-refractivity contribution in [3.8, 4) is 11.3 Å². The lowest BCUT2D eigenvalue weighted by Gasteiger charge is -2.11. The second-order valence-corrected chi connectivity index (χ2v) is 4.45. The average molecular weight is 341 g/mol. The zero-order chi connectivity index (χ0) is 17.9. The maximum absolute atomic E-state index is 12.8. The van der Waals surface area contributed by atoms with E-state index in [9.17, 15) is 28.1 Å². The van der Waals surface area contributed by atoms with Gasteiger partial charge < -0.3 is 4.74 Å². The Labute approximate surface area is 133 Å². The molecular formula is C14H10F3N3O4. The van der Waals surface area contributed by atoms with Crippen molar-refractivity contribution >= 4 is 11.7 Å². The minimum atomic E-state index is -4.87. The molecule has 0 amide bonds. The molecule has 1 aromatic carbocycles. The summed E-state index contributed by atoms with van der Waals surface area (Å²) < 4.78 is 43.3. The van der Waals surface area contributed by atoms with E-state index in [2.05, 4.69) is 9.97 Å². The van der Waals surface area contributed by atoms with Gasteiger partial charge in [-0.1, -0.05) is 12.1 Å². The lowest BCUT2D eigenvalue weighted by Crippen LogP contribution is -2.16. The molecule has 0 unspecified atom stereocenters. The molecule has 2 aromatic rings. The molecule has 7 nitrogen and oxygen atoms in total. The number of halogens is 3. The first kappa shape index (κ1) is 17.3. The van der Waals surface area contributed by atoms with E-state index in [1.807, 2.05) is 0 Å². The zero-order valence-corrected chi connectivity index (χ0v) is 12.2. The van der Waals surface area contributed by atoms with Crippen LogP contribution >= 0.6 is 0 Å². The van der Waals surface area contributed by atoms with Crippen molar-refractivity contribution in [3.05, 3.63) is 52.0 Å². The van der Waals surface area contributed by atoms with Gasteiger partial charge in [-0.05, 0) is 13.0 Å². The molecular weight excluding hydrogens is 331 g/mol. The molecule has 0 radical (unpaired) electrons. The minimum absolute atomic E-state index is 0.0316. The third-order valence-electron chi connectivity index (χ3n) is 2.89. The van der Waals surface area contributed by atoms with Crippen LogP contribution in [0.1, 0.15) is 23.1 Å². The molecule has 126 valence electrons. The second-order valence-electron chi connectivity index (χ2n) is 4.45. The van der Waals surface area contributed by atoms with E-state index in [-0.39, 0.29) is 17.7 Å². The van der Waals surface area contributed by atoms with Crippen molar-refractivity contribution in [1.29, 1.82) is 0 Å². The number of aromatic nitrogens is 2. The number of nitrogens with zero attached hydrogens (tertiary/aromatic N) is 3. The van der Waals surface area contributed by atoms with Gasteiger partial charge in [0.15, 0.2) is 0 Å². The average Bonchev–Trinajstić information content (AvgIpc) is 2.53. The van der Waals surface area contributed by atoms with Crippen molar-refractivity contribution in [3.63, 3.8) is 0 Å². The molecule has 0 aliphatic heterocycles. The van der Waals surface area contributed by atoms with Crippen molar-refractivity contribution < 1.29 is 27.6 Å². The van der Waals surface area contributed by atoms with Crippen molar-refractivity contribution in [2.75, 3.05) is 6.61 Å². The van der Waals surface area contributed by atoms with Gasteiger partial charge in [-0.15, -0.1) is 0 Å². The molecule has 0 N–H and O–H groups in total. The van der Waals surface area contributed by atoms with Crippen molar-refractivity contribution in [2.24, 2.45) is 0 Å². The number of carbonyl (C=O) groups excluding carboxylic acids is 1. The predicted octanol–water partition coefficient (Wildman–Crippen LogP) is 3.25. The number of carbonyl (C=O) groups is 1. The molecule has 0 aliphatic carbocycles. The van der Waals surface area contributed by atoms with Crippen LogP contribution in [0.15, 0.2) is 30.5 Å². The van der Waals surface area contributed by atoms with E-state index in [1.54, 1.807) is 0 Å². The Hall–Kier alpha value is -3.04. The molecule has 0 saturated carbocycles. The summed E-state index contributed by atoms with van der Waals surface area (Å²) >= 11 is 0. The molecule has 0 atom stereocenters. The second kappa shape index (κ2) is 6.60. The lowest BCUT2D eigenvalue weighted by atomic mass is 10.1. The smallest absolute Gasteiger partial charge is 0.451 e. The maximum atomic E-state index is 12.8. The van der Waals surface area contributed by atoms with Crippen LogP contribution in [-0.2, 0) is 10.9 Å². The molecule has 1 heterocycles. The molecule has 0 aliphatic rings. The molecule has 10 heteroatoms. The largest absolute Gasteiger partial charge is 0.462 e. The zero-order valence-electron chi connectivity index (χ0n) is 12.2. The Morgan fingerprint density at radius 3 is 2.58 bits per heavy atom. The van der Waals surface area contributed by atoms with Crippen molar-refractivity contribution in [1.82, 2.24) is 9.97 Å².